The Balaban J connectivity index is 2.39. The Morgan fingerprint density at radius 2 is 2.16 bits per heavy atom. The lowest BCUT2D eigenvalue weighted by Crippen LogP contribution is -2.22. The Morgan fingerprint density at radius 3 is 2.79 bits per heavy atom. The molecular weight excluding hydrogens is 236 g/mol. The maximum Gasteiger partial charge on any atom is 0.248 e. The third kappa shape index (κ3) is 5.88. The summed E-state index contributed by atoms with van der Waals surface area (Å²) in [5.74, 6) is 0.385. The summed E-state index contributed by atoms with van der Waals surface area (Å²) in [7, 11) is 0. The van der Waals surface area contributed by atoms with Gasteiger partial charge in [0.05, 0.1) is 0 Å². The quantitative estimate of drug-likeness (QED) is 0.718. The van der Waals surface area contributed by atoms with E-state index in [1.165, 1.54) is 25.7 Å². The van der Waals surface area contributed by atoms with E-state index in [2.05, 4.69) is 19.2 Å². The molecule has 0 aliphatic carbocycles. The summed E-state index contributed by atoms with van der Waals surface area (Å²) in [6.45, 7) is 6.31. The number of unbranched alkanes of at least 4 members (excludes halogenated alkanes) is 1. The van der Waals surface area contributed by atoms with Crippen LogP contribution in [0.4, 0.5) is 0 Å². The number of hydrogen-bond acceptors (Lipinski definition) is 2. The van der Waals surface area contributed by atoms with E-state index in [4.69, 9.17) is 5.73 Å². The van der Waals surface area contributed by atoms with Crippen molar-refractivity contribution in [1.82, 2.24) is 5.32 Å². The monoisotopic (exact) mass is 262 g/mol. The fourth-order valence-corrected chi connectivity index (χ4v) is 2.20. The minimum absolute atomic E-state index is 0.365. The van der Waals surface area contributed by atoms with E-state index in [-0.39, 0.29) is 5.91 Å². The first-order valence-corrected chi connectivity index (χ1v) is 7.26. The highest BCUT2D eigenvalue weighted by Gasteiger charge is 2.06. The zero-order chi connectivity index (χ0) is 14.1. The van der Waals surface area contributed by atoms with Crippen molar-refractivity contribution >= 4 is 5.91 Å². The number of carbonyl (C=O) groups excluding carboxylic acids is 1. The first-order valence-electron chi connectivity index (χ1n) is 7.26. The van der Waals surface area contributed by atoms with Gasteiger partial charge >= 0.3 is 0 Å². The molecule has 1 atom stereocenters. The summed E-state index contributed by atoms with van der Waals surface area (Å²) >= 11 is 0. The highest BCUT2D eigenvalue weighted by Crippen LogP contribution is 2.12. The molecule has 1 aromatic carbocycles. The Kier molecular flexibility index (Phi) is 7.19. The van der Waals surface area contributed by atoms with Crippen molar-refractivity contribution in [3.8, 4) is 0 Å². The molecule has 19 heavy (non-hydrogen) atoms. The first kappa shape index (κ1) is 15.7. The lowest BCUT2D eigenvalue weighted by atomic mass is 9.99. The van der Waals surface area contributed by atoms with E-state index in [1.54, 1.807) is 6.07 Å². The zero-order valence-corrected chi connectivity index (χ0v) is 12.1. The average molecular weight is 262 g/mol. The Labute approximate surface area is 116 Å². The molecule has 3 heteroatoms. The maximum absolute atomic E-state index is 11.1. The molecule has 106 valence electrons. The van der Waals surface area contributed by atoms with Crippen molar-refractivity contribution in [1.29, 1.82) is 0 Å². The second kappa shape index (κ2) is 8.70. The number of rotatable bonds is 9. The number of hydrogen-bond donors (Lipinski definition) is 2. The molecule has 3 N–H and O–H groups in total. The van der Waals surface area contributed by atoms with Crippen molar-refractivity contribution in [3.63, 3.8) is 0 Å². The minimum atomic E-state index is -0.365. The molecule has 0 saturated carbocycles. The van der Waals surface area contributed by atoms with Crippen LogP contribution in [-0.4, -0.2) is 12.5 Å². The fraction of sp³-hybridized carbons (Fsp3) is 0.562. The molecule has 0 aliphatic rings. The summed E-state index contributed by atoms with van der Waals surface area (Å²) in [6, 6.07) is 7.52. The second-order valence-electron chi connectivity index (χ2n) is 5.11. The van der Waals surface area contributed by atoms with Crippen LogP contribution < -0.4 is 11.1 Å². The molecule has 0 heterocycles. The lowest BCUT2D eigenvalue weighted by Gasteiger charge is -2.15. The molecule has 1 amide bonds. The largest absolute Gasteiger partial charge is 0.366 e. The molecule has 0 aliphatic heterocycles. The Hall–Kier alpha value is -1.35. The van der Waals surface area contributed by atoms with Crippen LogP contribution in [0.1, 0.15) is 55.5 Å². The predicted molar refractivity (Wildman–Crippen MR) is 80.0 cm³/mol. The molecule has 3 nitrogen and oxygen atoms in total. The van der Waals surface area contributed by atoms with Crippen molar-refractivity contribution in [3.05, 3.63) is 35.4 Å². The topological polar surface area (TPSA) is 55.1 Å². The van der Waals surface area contributed by atoms with E-state index in [1.807, 2.05) is 18.2 Å². The van der Waals surface area contributed by atoms with Gasteiger partial charge in [0.15, 0.2) is 0 Å². The van der Waals surface area contributed by atoms with Gasteiger partial charge in [0.2, 0.25) is 5.91 Å². The molecule has 0 saturated heterocycles. The Bertz CT molecular complexity index is 390. The highest BCUT2D eigenvalue weighted by molar-refractivity contribution is 5.92. The lowest BCUT2D eigenvalue weighted by molar-refractivity contribution is 0.1000. The van der Waals surface area contributed by atoms with Gasteiger partial charge in [-0.2, -0.15) is 0 Å². The number of amides is 1. The van der Waals surface area contributed by atoms with Crippen molar-refractivity contribution in [2.45, 2.75) is 46.1 Å². The molecule has 1 rings (SSSR count). The molecule has 1 aromatic rings. The summed E-state index contributed by atoms with van der Waals surface area (Å²) in [6.07, 6.45) is 5.07. The van der Waals surface area contributed by atoms with E-state index >= 15 is 0 Å². The van der Waals surface area contributed by atoms with Crippen LogP contribution in [0.25, 0.3) is 0 Å². The van der Waals surface area contributed by atoms with Gasteiger partial charge in [-0.15, -0.1) is 0 Å². The van der Waals surface area contributed by atoms with Crippen LogP contribution in [-0.2, 0) is 6.54 Å². The molecule has 0 fully saturated rings. The Morgan fingerprint density at radius 1 is 1.37 bits per heavy atom. The van der Waals surface area contributed by atoms with E-state index in [0.717, 1.165) is 24.6 Å². The SMILES string of the molecule is CCCCC(CC)CNCc1cccc(C(N)=O)c1. The number of benzene rings is 1. The van der Waals surface area contributed by atoms with Gasteiger partial charge in [-0.3, -0.25) is 4.79 Å². The smallest absolute Gasteiger partial charge is 0.248 e. The van der Waals surface area contributed by atoms with Crippen LogP contribution in [0.2, 0.25) is 0 Å². The van der Waals surface area contributed by atoms with E-state index < -0.39 is 0 Å². The van der Waals surface area contributed by atoms with E-state index in [0.29, 0.717) is 5.56 Å². The van der Waals surface area contributed by atoms with Gasteiger partial charge in [-0.1, -0.05) is 45.2 Å². The predicted octanol–water partition coefficient (Wildman–Crippen LogP) is 3.09. The third-order valence-corrected chi connectivity index (χ3v) is 3.52. The molecule has 0 radical (unpaired) electrons. The maximum atomic E-state index is 11.1. The highest BCUT2D eigenvalue weighted by atomic mass is 16.1. The standard InChI is InChI=1S/C16H26N2O/c1-3-5-7-13(4-2)11-18-12-14-8-6-9-15(10-14)16(17)19/h6,8-10,13,18H,3-5,7,11-12H2,1-2H3,(H2,17,19). The summed E-state index contributed by atoms with van der Waals surface area (Å²) in [4.78, 5) is 11.1. The van der Waals surface area contributed by atoms with Crippen molar-refractivity contribution in [2.24, 2.45) is 11.7 Å². The number of nitrogens with two attached hydrogens (primary N) is 1. The molecular formula is C16H26N2O. The molecule has 0 bridgehead atoms. The van der Waals surface area contributed by atoms with Crippen LogP contribution in [0.15, 0.2) is 24.3 Å². The average Bonchev–Trinajstić information content (AvgIpc) is 2.43. The van der Waals surface area contributed by atoms with Crippen LogP contribution in [0.3, 0.4) is 0 Å². The number of carbonyl (C=O) groups is 1. The minimum Gasteiger partial charge on any atom is -0.366 e. The first-order chi connectivity index (χ1) is 9.17. The number of primary amides is 1. The van der Waals surface area contributed by atoms with E-state index in [9.17, 15) is 4.79 Å². The van der Waals surface area contributed by atoms with Crippen LogP contribution in [0.5, 0.6) is 0 Å². The summed E-state index contributed by atoms with van der Waals surface area (Å²) < 4.78 is 0. The number of nitrogens with one attached hydrogen (secondary N) is 1. The van der Waals surface area contributed by atoms with Crippen molar-refractivity contribution in [2.75, 3.05) is 6.54 Å². The van der Waals surface area contributed by atoms with Crippen molar-refractivity contribution < 1.29 is 4.79 Å². The second-order valence-corrected chi connectivity index (χ2v) is 5.11. The van der Waals surface area contributed by atoms with Gasteiger partial charge in [0, 0.05) is 12.1 Å². The summed E-state index contributed by atoms with van der Waals surface area (Å²) in [5, 5.41) is 3.48. The van der Waals surface area contributed by atoms with Crippen LogP contribution in [0, 0.1) is 5.92 Å². The molecule has 0 aromatic heterocycles. The van der Waals surface area contributed by atoms with Gasteiger partial charge in [-0.05, 0) is 36.6 Å². The normalized spacial score (nSPS) is 12.3. The molecule has 0 spiro atoms. The van der Waals surface area contributed by atoms with Gasteiger partial charge < -0.3 is 11.1 Å². The zero-order valence-electron chi connectivity index (χ0n) is 12.1. The van der Waals surface area contributed by atoms with Crippen LogP contribution >= 0.6 is 0 Å². The molecule has 1 unspecified atom stereocenters. The third-order valence-electron chi connectivity index (χ3n) is 3.52. The van der Waals surface area contributed by atoms with Gasteiger partial charge in [0.1, 0.15) is 0 Å². The summed E-state index contributed by atoms with van der Waals surface area (Å²) in [5.41, 5.74) is 6.97. The van der Waals surface area contributed by atoms with Gasteiger partial charge in [-0.25, -0.2) is 0 Å². The fourth-order valence-electron chi connectivity index (χ4n) is 2.20. The van der Waals surface area contributed by atoms with Gasteiger partial charge in [0.25, 0.3) is 0 Å².